The van der Waals surface area contributed by atoms with Gasteiger partial charge in [-0.15, -0.1) is 0 Å². The van der Waals surface area contributed by atoms with Crippen LogP contribution in [0.3, 0.4) is 0 Å². The summed E-state index contributed by atoms with van der Waals surface area (Å²) in [4.78, 5) is 11.6. The fourth-order valence-electron chi connectivity index (χ4n) is 1.86. The van der Waals surface area contributed by atoms with Crippen molar-refractivity contribution in [3.05, 3.63) is 59.4 Å². The largest absolute Gasteiger partial charge is 0.508 e. The molecule has 0 spiro atoms. The number of halogens is 1. The normalized spacial score (nSPS) is 10.2. The van der Waals surface area contributed by atoms with E-state index in [9.17, 15) is 14.3 Å². The fourth-order valence-corrected chi connectivity index (χ4v) is 1.86. The molecule has 0 saturated heterocycles. The van der Waals surface area contributed by atoms with Crippen LogP contribution in [-0.2, 0) is 11.3 Å². The molecule has 4 nitrogen and oxygen atoms in total. The molecule has 0 heterocycles. The summed E-state index contributed by atoms with van der Waals surface area (Å²) in [5.41, 5.74) is 1.56. The summed E-state index contributed by atoms with van der Waals surface area (Å²) in [6.45, 7) is 2.30. The van der Waals surface area contributed by atoms with E-state index in [1.165, 1.54) is 18.2 Å². The van der Waals surface area contributed by atoms with Crippen molar-refractivity contribution in [2.75, 3.05) is 11.9 Å². The summed E-state index contributed by atoms with van der Waals surface area (Å²) >= 11 is 0. The first-order chi connectivity index (χ1) is 10.1. The van der Waals surface area contributed by atoms with E-state index < -0.39 is 11.8 Å². The zero-order valence-electron chi connectivity index (χ0n) is 11.6. The van der Waals surface area contributed by atoms with Crippen molar-refractivity contribution in [1.82, 2.24) is 0 Å². The minimum atomic E-state index is -0.412. The Bertz CT molecular complexity index is 643. The molecule has 5 heteroatoms. The number of aromatic hydroxyl groups is 1. The second kappa shape index (κ2) is 6.74. The van der Waals surface area contributed by atoms with E-state index in [1.807, 2.05) is 0 Å². The molecule has 0 fully saturated rings. The van der Waals surface area contributed by atoms with Crippen LogP contribution in [0.5, 0.6) is 5.75 Å². The average molecular weight is 289 g/mol. The zero-order chi connectivity index (χ0) is 15.2. The van der Waals surface area contributed by atoms with Gasteiger partial charge in [-0.05, 0) is 43.3 Å². The fraction of sp³-hybridized carbons (Fsp3) is 0.188. The van der Waals surface area contributed by atoms with Crippen LogP contribution in [0.15, 0.2) is 42.5 Å². The minimum Gasteiger partial charge on any atom is -0.508 e. The lowest BCUT2D eigenvalue weighted by Crippen LogP contribution is -2.06. The number of nitrogens with one attached hydrogen (secondary N) is 1. The maximum Gasteiger partial charge on any atom is 0.338 e. The molecule has 0 aliphatic rings. The van der Waals surface area contributed by atoms with Crippen LogP contribution in [0.25, 0.3) is 0 Å². The summed E-state index contributed by atoms with van der Waals surface area (Å²) in [5.74, 6) is -0.787. The van der Waals surface area contributed by atoms with Gasteiger partial charge in [-0.3, -0.25) is 0 Å². The Kier molecular flexibility index (Phi) is 4.77. The van der Waals surface area contributed by atoms with Gasteiger partial charge in [0.15, 0.2) is 0 Å². The average Bonchev–Trinajstić information content (AvgIpc) is 2.49. The van der Waals surface area contributed by atoms with Crippen molar-refractivity contribution >= 4 is 11.7 Å². The van der Waals surface area contributed by atoms with Gasteiger partial charge in [-0.2, -0.15) is 0 Å². The topological polar surface area (TPSA) is 58.6 Å². The molecule has 110 valence electrons. The number of hydrogen-bond donors (Lipinski definition) is 2. The lowest BCUT2D eigenvalue weighted by Gasteiger charge is -2.09. The Hall–Kier alpha value is -2.56. The third kappa shape index (κ3) is 3.95. The summed E-state index contributed by atoms with van der Waals surface area (Å²) in [6, 6.07) is 10.6. The second-order valence-electron chi connectivity index (χ2n) is 4.43. The highest BCUT2D eigenvalue weighted by molar-refractivity contribution is 5.90. The van der Waals surface area contributed by atoms with E-state index in [1.54, 1.807) is 31.2 Å². The molecule has 0 amide bonds. The summed E-state index contributed by atoms with van der Waals surface area (Å²) in [6.07, 6.45) is 0. The highest BCUT2D eigenvalue weighted by Crippen LogP contribution is 2.20. The van der Waals surface area contributed by atoms with Gasteiger partial charge in [-0.25, -0.2) is 9.18 Å². The van der Waals surface area contributed by atoms with Gasteiger partial charge in [-0.1, -0.05) is 6.07 Å². The molecule has 0 aliphatic carbocycles. The molecule has 0 aliphatic heterocycles. The standard InChI is InChI=1S/C16H16FNO3/c1-2-21-16(20)11-4-3-5-14(9-11)18-10-12-8-13(17)6-7-15(12)19/h3-9,18-19H,2,10H2,1H3. The minimum absolute atomic E-state index is 0.0189. The van der Waals surface area contributed by atoms with Gasteiger partial charge < -0.3 is 15.2 Å². The van der Waals surface area contributed by atoms with E-state index in [4.69, 9.17) is 4.74 Å². The molecule has 0 unspecified atom stereocenters. The monoisotopic (exact) mass is 289 g/mol. The van der Waals surface area contributed by atoms with Crippen molar-refractivity contribution in [2.45, 2.75) is 13.5 Å². The first-order valence-corrected chi connectivity index (χ1v) is 6.58. The molecule has 2 N–H and O–H groups in total. The van der Waals surface area contributed by atoms with Gasteiger partial charge in [0.2, 0.25) is 0 Å². The van der Waals surface area contributed by atoms with Gasteiger partial charge in [0.1, 0.15) is 11.6 Å². The second-order valence-corrected chi connectivity index (χ2v) is 4.43. The van der Waals surface area contributed by atoms with Crippen molar-refractivity contribution in [3.63, 3.8) is 0 Å². The molecule has 0 atom stereocenters. The number of carbonyl (C=O) groups is 1. The molecular weight excluding hydrogens is 273 g/mol. The number of hydrogen-bond acceptors (Lipinski definition) is 4. The highest BCUT2D eigenvalue weighted by Gasteiger charge is 2.07. The van der Waals surface area contributed by atoms with Crippen LogP contribution in [0.2, 0.25) is 0 Å². The first-order valence-electron chi connectivity index (χ1n) is 6.58. The Morgan fingerprint density at radius 1 is 1.29 bits per heavy atom. The number of ether oxygens (including phenoxy) is 1. The van der Waals surface area contributed by atoms with Gasteiger partial charge >= 0.3 is 5.97 Å². The quantitative estimate of drug-likeness (QED) is 0.829. The van der Waals surface area contributed by atoms with Crippen molar-refractivity contribution in [1.29, 1.82) is 0 Å². The Morgan fingerprint density at radius 3 is 2.86 bits per heavy atom. The third-order valence-electron chi connectivity index (χ3n) is 2.90. The van der Waals surface area contributed by atoms with Crippen LogP contribution in [0, 0.1) is 5.82 Å². The van der Waals surface area contributed by atoms with E-state index >= 15 is 0 Å². The van der Waals surface area contributed by atoms with Crippen LogP contribution in [0.1, 0.15) is 22.8 Å². The Balaban J connectivity index is 2.08. The summed E-state index contributed by atoms with van der Waals surface area (Å²) < 4.78 is 18.1. The number of phenolic OH excluding ortho intramolecular Hbond substituents is 1. The van der Waals surface area contributed by atoms with Crippen LogP contribution < -0.4 is 5.32 Å². The van der Waals surface area contributed by atoms with Gasteiger partial charge in [0.25, 0.3) is 0 Å². The maximum absolute atomic E-state index is 13.1. The highest BCUT2D eigenvalue weighted by atomic mass is 19.1. The lowest BCUT2D eigenvalue weighted by molar-refractivity contribution is 0.0526. The van der Waals surface area contributed by atoms with Crippen molar-refractivity contribution in [2.24, 2.45) is 0 Å². The molecule has 0 bridgehead atoms. The third-order valence-corrected chi connectivity index (χ3v) is 2.90. The number of phenols is 1. The number of esters is 1. The van der Waals surface area contributed by atoms with E-state index in [-0.39, 0.29) is 12.3 Å². The predicted octanol–water partition coefficient (Wildman–Crippen LogP) is 3.32. The molecule has 2 aromatic carbocycles. The smallest absolute Gasteiger partial charge is 0.338 e. The zero-order valence-corrected chi connectivity index (χ0v) is 11.6. The summed E-state index contributed by atoms with van der Waals surface area (Å²) in [5, 5.41) is 12.7. The van der Waals surface area contributed by atoms with Crippen LogP contribution >= 0.6 is 0 Å². The number of anilines is 1. The SMILES string of the molecule is CCOC(=O)c1cccc(NCc2cc(F)ccc2O)c1. The molecule has 0 radical (unpaired) electrons. The maximum atomic E-state index is 13.1. The number of rotatable bonds is 5. The molecule has 0 saturated carbocycles. The van der Waals surface area contributed by atoms with E-state index in [0.29, 0.717) is 23.4 Å². The van der Waals surface area contributed by atoms with Crippen molar-refractivity contribution < 1.29 is 19.0 Å². The van der Waals surface area contributed by atoms with Gasteiger partial charge in [0.05, 0.1) is 12.2 Å². The van der Waals surface area contributed by atoms with Gasteiger partial charge in [0, 0.05) is 17.8 Å². The van der Waals surface area contributed by atoms with Crippen molar-refractivity contribution in [3.8, 4) is 5.75 Å². The number of benzene rings is 2. The molecule has 2 rings (SSSR count). The van der Waals surface area contributed by atoms with Crippen LogP contribution in [0.4, 0.5) is 10.1 Å². The lowest BCUT2D eigenvalue weighted by atomic mass is 10.1. The predicted molar refractivity (Wildman–Crippen MR) is 77.8 cm³/mol. The Morgan fingerprint density at radius 2 is 2.10 bits per heavy atom. The first kappa shape index (κ1) is 14.8. The number of carbonyl (C=O) groups excluding carboxylic acids is 1. The summed E-state index contributed by atoms with van der Waals surface area (Å²) in [7, 11) is 0. The Labute approximate surface area is 122 Å². The van der Waals surface area contributed by atoms with E-state index in [0.717, 1.165) is 0 Å². The molecule has 0 aromatic heterocycles. The molecule has 21 heavy (non-hydrogen) atoms. The molecule has 2 aromatic rings. The molecular formula is C16H16FNO3. The van der Waals surface area contributed by atoms with Crippen LogP contribution in [-0.4, -0.2) is 17.7 Å². The van der Waals surface area contributed by atoms with E-state index in [2.05, 4.69) is 5.32 Å².